The maximum absolute atomic E-state index is 13.0. The maximum Gasteiger partial charge on any atom is 0.256 e. The summed E-state index contributed by atoms with van der Waals surface area (Å²) in [7, 11) is 0. The Balaban J connectivity index is 1.50. The monoisotopic (exact) mass is 397 g/mol. The number of nitrogens with zero attached hydrogens (tertiary/aromatic N) is 6. The van der Waals surface area contributed by atoms with Crippen molar-refractivity contribution in [2.45, 2.75) is 39.7 Å². The Morgan fingerprint density at radius 1 is 1.21 bits per heavy atom. The van der Waals surface area contributed by atoms with Crippen molar-refractivity contribution in [2.24, 2.45) is 5.41 Å². The summed E-state index contributed by atoms with van der Waals surface area (Å²) in [4.78, 5) is 13.4. The number of nitrogens with one attached hydrogen (secondary N) is 1. The third kappa shape index (κ3) is 3.30. The minimum atomic E-state index is -2.47. The first-order valence-electron chi connectivity index (χ1n) is 9.63. The second-order valence-corrected chi connectivity index (χ2v) is 8.01. The number of halogens is 2. The lowest BCUT2D eigenvalue weighted by Crippen LogP contribution is -2.14. The number of aryl methyl sites for hydroxylation is 1. The van der Waals surface area contributed by atoms with E-state index < -0.39 is 13.0 Å². The van der Waals surface area contributed by atoms with Crippen molar-refractivity contribution in [3.05, 3.63) is 36.4 Å². The van der Waals surface area contributed by atoms with E-state index in [-0.39, 0.29) is 0 Å². The molecule has 7 nitrogen and oxygen atoms in total. The fourth-order valence-electron chi connectivity index (χ4n) is 3.50. The molecule has 0 aliphatic heterocycles. The van der Waals surface area contributed by atoms with Crippen LogP contribution in [-0.4, -0.2) is 42.1 Å². The van der Waals surface area contributed by atoms with Gasteiger partial charge < -0.3 is 9.88 Å². The Hall–Kier alpha value is -3.10. The van der Waals surface area contributed by atoms with Crippen molar-refractivity contribution in [2.75, 3.05) is 11.9 Å². The van der Waals surface area contributed by atoms with Crippen LogP contribution in [0.5, 0.6) is 0 Å². The molecule has 1 aliphatic carbocycles. The highest BCUT2D eigenvalue weighted by Gasteiger charge is 2.37. The van der Waals surface area contributed by atoms with Crippen molar-refractivity contribution < 1.29 is 8.78 Å². The summed E-state index contributed by atoms with van der Waals surface area (Å²) in [5.74, 6) is 1.11. The van der Waals surface area contributed by atoms with Crippen LogP contribution >= 0.6 is 0 Å². The highest BCUT2D eigenvalue weighted by atomic mass is 19.3. The van der Waals surface area contributed by atoms with Crippen LogP contribution in [0.25, 0.3) is 27.9 Å². The zero-order chi connectivity index (χ0) is 20.2. The number of hydrogen-bond donors (Lipinski definition) is 1. The van der Waals surface area contributed by atoms with E-state index in [0.717, 1.165) is 17.6 Å². The van der Waals surface area contributed by atoms with Crippen molar-refractivity contribution in [1.29, 1.82) is 0 Å². The standard InChI is InChI=1S/C20H21F2N7/c1-12-25-15-4-3-14(26-18(15)28(12)10-17(21)22)13-5-8-29-16(13)9-23-19(27-29)24-11-20(2)6-7-20/h3-5,8-9,17H,6-7,10-11H2,1-2H3,(H,24,27). The van der Waals surface area contributed by atoms with Gasteiger partial charge in [0.2, 0.25) is 5.95 Å². The number of imidazole rings is 1. The van der Waals surface area contributed by atoms with E-state index in [9.17, 15) is 8.78 Å². The zero-order valence-electron chi connectivity index (χ0n) is 16.2. The summed E-state index contributed by atoms with van der Waals surface area (Å²) in [6.45, 7) is 4.39. The molecule has 4 aromatic rings. The second-order valence-electron chi connectivity index (χ2n) is 8.01. The second kappa shape index (κ2) is 6.47. The summed E-state index contributed by atoms with van der Waals surface area (Å²) >= 11 is 0. The van der Waals surface area contributed by atoms with Crippen LogP contribution in [0.3, 0.4) is 0 Å². The maximum atomic E-state index is 13.0. The van der Waals surface area contributed by atoms with Gasteiger partial charge in [0.1, 0.15) is 11.3 Å². The Bertz CT molecular complexity index is 1210. The van der Waals surface area contributed by atoms with Gasteiger partial charge in [0, 0.05) is 18.3 Å². The van der Waals surface area contributed by atoms with Gasteiger partial charge in [-0.25, -0.2) is 28.2 Å². The smallest absolute Gasteiger partial charge is 0.256 e. The minimum absolute atomic E-state index is 0.360. The number of alkyl halides is 2. The number of rotatable bonds is 6. The SMILES string of the molecule is Cc1nc2ccc(-c3ccn4nc(NCC5(C)CC5)ncc34)nc2n1CC(F)F. The molecule has 0 spiro atoms. The van der Waals surface area contributed by atoms with Crippen molar-refractivity contribution in [3.63, 3.8) is 0 Å². The average Bonchev–Trinajstić information content (AvgIpc) is 3.16. The lowest BCUT2D eigenvalue weighted by Gasteiger charge is -2.10. The number of hydrogen-bond acceptors (Lipinski definition) is 5. The summed E-state index contributed by atoms with van der Waals surface area (Å²) in [5.41, 5.74) is 3.74. The van der Waals surface area contributed by atoms with Crippen molar-refractivity contribution in [3.8, 4) is 11.3 Å². The Kier molecular flexibility index (Phi) is 4.01. The number of aromatic nitrogens is 6. The van der Waals surface area contributed by atoms with Crippen LogP contribution in [-0.2, 0) is 6.54 Å². The van der Waals surface area contributed by atoms with Gasteiger partial charge in [-0.15, -0.1) is 5.10 Å². The molecule has 150 valence electrons. The molecule has 1 N–H and O–H groups in total. The van der Waals surface area contributed by atoms with Gasteiger partial charge >= 0.3 is 0 Å². The van der Waals surface area contributed by atoms with Gasteiger partial charge in [-0.1, -0.05) is 6.92 Å². The molecule has 0 radical (unpaired) electrons. The number of anilines is 1. The molecule has 5 rings (SSSR count). The first-order chi connectivity index (χ1) is 13.9. The topological polar surface area (TPSA) is 72.9 Å². The molecule has 0 unspecified atom stereocenters. The van der Waals surface area contributed by atoms with Crippen LogP contribution in [0.15, 0.2) is 30.6 Å². The predicted molar refractivity (Wildman–Crippen MR) is 106 cm³/mol. The van der Waals surface area contributed by atoms with Gasteiger partial charge in [0.25, 0.3) is 6.43 Å². The van der Waals surface area contributed by atoms with Gasteiger partial charge in [-0.05, 0) is 43.4 Å². The molecule has 0 bridgehead atoms. The Labute approximate surface area is 165 Å². The van der Waals surface area contributed by atoms with E-state index in [1.165, 1.54) is 17.4 Å². The van der Waals surface area contributed by atoms with Gasteiger partial charge in [-0.2, -0.15) is 0 Å². The molecule has 4 aromatic heterocycles. The van der Waals surface area contributed by atoms with E-state index in [1.807, 2.05) is 24.4 Å². The normalized spacial score (nSPS) is 15.5. The quantitative estimate of drug-likeness (QED) is 0.534. The fourth-order valence-corrected chi connectivity index (χ4v) is 3.50. The highest BCUT2D eigenvalue weighted by Crippen LogP contribution is 2.44. The number of fused-ring (bicyclic) bond motifs is 2. The van der Waals surface area contributed by atoms with Crippen molar-refractivity contribution in [1.82, 2.24) is 29.1 Å². The molecule has 0 saturated heterocycles. The fraction of sp³-hybridized carbons (Fsp3) is 0.400. The lowest BCUT2D eigenvalue weighted by atomic mass is 10.1. The number of pyridine rings is 1. The Morgan fingerprint density at radius 3 is 2.79 bits per heavy atom. The molecule has 0 amide bonds. The predicted octanol–water partition coefficient (Wildman–Crippen LogP) is 3.93. The van der Waals surface area contributed by atoms with E-state index in [0.29, 0.717) is 34.0 Å². The van der Waals surface area contributed by atoms with Gasteiger partial charge in [0.15, 0.2) is 5.65 Å². The molecule has 4 heterocycles. The van der Waals surface area contributed by atoms with Crippen molar-refractivity contribution >= 4 is 22.6 Å². The molecular formula is C20H21F2N7. The summed E-state index contributed by atoms with van der Waals surface area (Å²) < 4.78 is 29.1. The molecule has 1 aliphatic rings. The molecule has 1 saturated carbocycles. The van der Waals surface area contributed by atoms with E-state index in [1.54, 1.807) is 17.6 Å². The molecule has 29 heavy (non-hydrogen) atoms. The van der Waals surface area contributed by atoms with Crippen LogP contribution in [0.1, 0.15) is 25.6 Å². The van der Waals surface area contributed by atoms with E-state index >= 15 is 0 Å². The molecule has 1 fully saturated rings. The zero-order valence-corrected chi connectivity index (χ0v) is 16.2. The van der Waals surface area contributed by atoms with E-state index in [4.69, 9.17) is 0 Å². The summed E-state index contributed by atoms with van der Waals surface area (Å²) in [6, 6.07) is 5.56. The van der Waals surface area contributed by atoms with Crippen LogP contribution in [0.2, 0.25) is 0 Å². The molecular weight excluding hydrogens is 376 g/mol. The average molecular weight is 397 g/mol. The molecule has 9 heteroatoms. The molecule has 0 atom stereocenters. The first kappa shape index (κ1) is 18.0. The largest absolute Gasteiger partial charge is 0.352 e. The minimum Gasteiger partial charge on any atom is -0.352 e. The highest BCUT2D eigenvalue weighted by molar-refractivity contribution is 5.82. The summed E-state index contributed by atoms with van der Waals surface area (Å²) in [5, 5.41) is 7.83. The van der Waals surface area contributed by atoms with Gasteiger partial charge in [0.05, 0.1) is 24.0 Å². The first-order valence-corrected chi connectivity index (χ1v) is 9.63. The summed E-state index contributed by atoms with van der Waals surface area (Å²) in [6.07, 6.45) is 3.60. The lowest BCUT2D eigenvalue weighted by molar-refractivity contribution is 0.127. The van der Waals surface area contributed by atoms with Crippen LogP contribution in [0, 0.1) is 12.3 Å². The third-order valence-electron chi connectivity index (χ3n) is 5.57. The van der Waals surface area contributed by atoms with E-state index in [2.05, 4.69) is 32.3 Å². The van der Waals surface area contributed by atoms with Gasteiger partial charge in [-0.3, -0.25) is 0 Å². The third-order valence-corrected chi connectivity index (χ3v) is 5.57. The Morgan fingerprint density at radius 2 is 2.03 bits per heavy atom. The van der Waals surface area contributed by atoms with Crippen LogP contribution in [0.4, 0.5) is 14.7 Å². The van der Waals surface area contributed by atoms with Crippen LogP contribution < -0.4 is 5.32 Å². The molecule has 0 aromatic carbocycles.